The first-order valence-electron chi connectivity index (χ1n) is 6.48. The highest BCUT2D eigenvalue weighted by molar-refractivity contribution is 7.99. The van der Waals surface area contributed by atoms with E-state index in [0.29, 0.717) is 6.61 Å². The molecule has 108 valence electrons. The maximum Gasteiger partial charge on any atom is 0.326 e. The second-order valence-corrected chi connectivity index (χ2v) is 5.93. The average molecular weight is 277 g/mol. The van der Waals surface area contributed by atoms with Crippen LogP contribution in [-0.4, -0.2) is 49.4 Å². The van der Waals surface area contributed by atoms with Gasteiger partial charge in [0, 0.05) is 18.9 Å². The van der Waals surface area contributed by atoms with Gasteiger partial charge in [0.25, 0.3) is 0 Å². The van der Waals surface area contributed by atoms with Crippen molar-refractivity contribution in [1.29, 1.82) is 0 Å². The third-order valence-electron chi connectivity index (χ3n) is 2.51. The molecule has 0 aromatic rings. The molecular formula is C13H27NO3S. The largest absolute Gasteiger partial charge is 0.465 e. The number of carbonyl (C=O) groups excluding carboxylic acids is 1. The molecule has 1 atom stereocenters. The lowest BCUT2D eigenvalue weighted by molar-refractivity contribution is -0.150. The minimum atomic E-state index is -0.593. The molecule has 0 aromatic heterocycles. The molecule has 0 aromatic carbocycles. The van der Waals surface area contributed by atoms with Gasteiger partial charge in [-0.25, -0.2) is 0 Å². The van der Waals surface area contributed by atoms with Gasteiger partial charge in [-0.3, -0.25) is 10.1 Å². The fourth-order valence-corrected chi connectivity index (χ4v) is 2.72. The van der Waals surface area contributed by atoms with Gasteiger partial charge in [0.05, 0.1) is 13.2 Å². The molecule has 1 N–H and O–H groups in total. The smallest absolute Gasteiger partial charge is 0.326 e. The number of carbonyl (C=O) groups is 1. The zero-order chi connectivity index (χ0) is 14.0. The summed E-state index contributed by atoms with van der Waals surface area (Å²) in [6.45, 7) is 9.00. The summed E-state index contributed by atoms with van der Waals surface area (Å²) in [4.78, 5) is 12.0. The lowest BCUT2D eigenvalue weighted by Crippen LogP contribution is -2.53. The van der Waals surface area contributed by atoms with Crippen LogP contribution in [0.2, 0.25) is 0 Å². The van der Waals surface area contributed by atoms with E-state index in [1.807, 2.05) is 27.7 Å². The maximum absolute atomic E-state index is 12.0. The van der Waals surface area contributed by atoms with E-state index in [2.05, 4.69) is 5.32 Å². The predicted molar refractivity (Wildman–Crippen MR) is 77.1 cm³/mol. The van der Waals surface area contributed by atoms with Crippen molar-refractivity contribution in [3.8, 4) is 0 Å². The molecule has 0 spiro atoms. The molecular weight excluding hydrogens is 250 g/mol. The highest BCUT2D eigenvalue weighted by Gasteiger charge is 2.34. The number of hydrogen-bond acceptors (Lipinski definition) is 5. The van der Waals surface area contributed by atoms with Crippen molar-refractivity contribution in [2.24, 2.45) is 0 Å². The second kappa shape index (κ2) is 9.64. The van der Waals surface area contributed by atoms with Crippen LogP contribution in [0.5, 0.6) is 0 Å². The van der Waals surface area contributed by atoms with E-state index in [0.717, 1.165) is 24.5 Å². The number of esters is 1. The van der Waals surface area contributed by atoms with Crippen molar-refractivity contribution >= 4 is 17.7 Å². The van der Waals surface area contributed by atoms with Crippen LogP contribution in [-0.2, 0) is 14.3 Å². The van der Waals surface area contributed by atoms with E-state index < -0.39 is 5.54 Å². The molecule has 0 aliphatic carbocycles. The number of ether oxygens (including phenoxy) is 2. The van der Waals surface area contributed by atoms with Gasteiger partial charge >= 0.3 is 5.97 Å². The Hall–Kier alpha value is -0.260. The molecule has 0 heterocycles. The summed E-state index contributed by atoms with van der Waals surface area (Å²) < 4.78 is 10.1. The molecule has 5 heteroatoms. The summed E-state index contributed by atoms with van der Waals surface area (Å²) in [5.41, 5.74) is -0.593. The van der Waals surface area contributed by atoms with E-state index in [-0.39, 0.29) is 12.0 Å². The van der Waals surface area contributed by atoms with Crippen LogP contribution >= 0.6 is 11.8 Å². The van der Waals surface area contributed by atoms with Gasteiger partial charge in [-0.2, -0.15) is 11.8 Å². The van der Waals surface area contributed by atoms with Crippen molar-refractivity contribution in [2.75, 3.05) is 31.8 Å². The molecule has 0 saturated heterocycles. The number of thioether (sulfide) groups is 1. The van der Waals surface area contributed by atoms with Gasteiger partial charge in [0.2, 0.25) is 0 Å². The summed E-state index contributed by atoms with van der Waals surface area (Å²) in [6, 6.07) is 0.253. The van der Waals surface area contributed by atoms with E-state index in [1.165, 1.54) is 0 Å². The number of rotatable bonds is 10. The van der Waals surface area contributed by atoms with Crippen LogP contribution in [0, 0.1) is 0 Å². The van der Waals surface area contributed by atoms with Crippen LogP contribution < -0.4 is 5.32 Å². The van der Waals surface area contributed by atoms with Crippen LogP contribution in [0.15, 0.2) is 0 Å². The highest BCUT2D eigenvalue weighted by atomic mass is 32.2. The van der Waals surface area contributed by atoms with Crippen molar-refractivity contribution < 1.29 is 14.3 Å². The molecule has 1 unspecified atom stereocenters. The molecule has 4 nitrogen and oxygen atoms in total. The third kappa shape index (κ3) is 7.24. The van der Waals surface area contributed by atoms with E-state index in [4.69, 9.17) is 9.47 Å². The first-order valence-corrected chi connectivity index (χ1v) is 7.63. The van der Waals surface area contributed by atoms with Crippen molar-refractivity contribution in [3.05, 3.63) is 0 Å². The van der Waals surface area contributed by atoms with E-state index >= 15 is 0 Å². The number of methoxy groups -OCH3 is 1. The average Bonchev–Trinajstić information content (AvgIpc) is 2.28. The van der Waals surface area contributed by atoms with Crippen LogP contribution in [0.3, 0.4) is 0 Å². The number of hydrogen-bond donors (Lipinski definition) is 1. The maximum atomic E-state index is 12.0. The topological polar surface area (TPSA) is 47.6 Å². The SMILES string of the molecule is CCOC(=O)C(C)(CCSCCOC)NC(C)C. The van der Waals surface area contributed by atoms with Crippen LogP contribution in [0.1, 0.15) is 34.1 Å². The van der Waals surface area contributed by atoms with Gasteiger partial charge in [-0.05, 0) is 39.9 Å². The Labute approximate surface area is 115 Å². The van der Waals surface area contributed by atoms with E-state index in [9.17, 15) is 4.79 Å². The van der Waals surface area contributed by atoms with Gasteiger partial charge in [-0.15, -0.1) is 0 Å². The molecule has 0 saturated carbocycles. The Balaban J connectivity index is 4.25. The van der Waals surface area contributed by atoms with Crippen LogP contribution in [0.25, 0.3) is 0 Å². The molecule has 0 aliphatic rings. The van der Waals surface area contributed by atoms with Gasteiger partial charge < -0.3 is 9.47 Å². The molecule has 0 aliphatic heterocycles. The second-order valence-electron chi connectivity index (χ2n) is 4.71. The lowest BCUT2D eigenvalue weighted by atomic mass is 9.98. The Morgan fingerprint density at radius 3 is 2.56 bits per heavy atom. The molecule has 0 radical (unpaired) electrons. The normalized spacial score (nSPS) is 14.6. The Kier molecular flexibility index (Phi) is 9.50. The summed E-state index contributed by atoms with van der Waals surface area (Å²) in [6.07, 6.45) is 0.762. The third-order valence-corrected chi connectivity index (χ3v) is 3.46. The highest BCUT2D eigenvalue weighted by Crippen LogP contribution is 2.17. The lowest BCUT2D eigenvalue weighted by Gasteiger charge is -2.30. The number of nitrogens with one attached hydrogen (secondary N) is 1. The fourth-order valence-electron chi connectivity index (χ4n) is 1.68. The van der Waals surface area contributed by atoms with Crippen molar-refractivity contribution in [2.45, 2.75) is 45.7 Å². The first kappa shape index (κ1) is 17.7. The molecule has 0 bridgehead atoms. The zero-order valence-electron chi connectivity index (χ0n) is 12.2. The molecule has 0 fully saturated rings. The van der Waals surface area contributed by atoms with E-state index in [1.54, 1.807) is 18.9 Å². The van der Waals surface area contributed by atoms with Crippen molar-refractivity contribution in [1.82, 2.24) is 5.32 Å². The Morgan fingerprint density at radius 2 is 2.06 bits per heavy atom. The monoisotopic (exact) mass is 277 g/mol. The summed E-state index contributed by atoms with van der Waals surface area (Å²) in [5, 5.41) is 3.31. The quantitative estimate of drug-likeness (QED) is 0.489. The van der Waals surface area contributed by atoms with Crippen LogP contribution in [0.4, 0.5) is 0 Å². The van der Waals surface area contributed by atoms with Gasteiger partial charge in [-0.1, -0.05) is 0 Å². The fraction of sp³-hybridized carbons (Fsp3) is 0.923. The van der Waals surface area contributed by atoms with Crippen molar-refractivity contribution in [3.63, 3.8) is 0 Å². The minimum Gasteiger partial charge on any atom is -0.465 e. The summed E-state index contributed by atoms with van der Waals surface area (Å²) >= 11 is 1.79. The Morgan fingerprint density at radius 1 is 1.39 bits per heavy atom. The molecule has 0 amide bonds. The predicted octanol–water partition coefficient (Wildman–Crippen LogP) is 2.08. The molecule has 0 rings (SSSR count). The van der Waals surface area contributed by atoms with Gasteiger partial charge in [0.1, 0.15) is 5.54 Å². The minimum absolute atomic E-state index is 0.161. The first-order chi connectivity index (χ1) is 8.46. The molecule has 18 heavy (non-hydrogen) atoms. The summed E-state index contributed by atoms with van der Waals surface area (Å²) in [5.74, 6) is 1.71. The zero-order valence-corrected chi connectivity index (χ0v) is 13.1. The standard InChI is InChI=1S/C13H27NO3S/c1-6-17-12(15)13(4,14-11(2)3)7-9-18-10-8-16-5/h11,14H,6-10H2,1-5H3. The summed E-state index contributed by atoms with van der Waals surface area (Å²) in [7, 11) is 1.70. The Bertz CT molecular complexity index is 236. The van der Waals surface area contributed by atoms with Gasteiger partial charge in [0.15, 0.2) is 0 Å².